The topological polar surface area (TPSA) is 56.6 Å². The van der Waals surface area contributed by atoms with Crippen LogP contribution in [0.4, 0.5) is 0 Å². The minimum absolute atomic E-state index is 0.207. The van der Waals surface area contributed by atoms with E-state index in [9.17, 15) is 4.79 Å². The fraction of sp³-hybridized carbons (Fsp3) is 0.579. The van der Waals surface area contributed by atoms with E-state index in [1.165, 1.54) is 12.8 Å². The van der Waals surface area contributed by atoms with Gasteiger partial charge in [-0.05, 0) is 56.5 Å². The quantitative estimate of drug-likeness (QED) is 0.833. The van der Waals surface area contributed by atoms with Crippen LogP contribution in [-0.4, -0.2) is 54.0 Å². The Hall–Kier alpha value is -2.06. The normalized spacial score (nSPS) is 24.1. The molecule has 0 saturated carbocycles. The van der Waals surface area contributed by atoms with E-state index in [-0.39, 0.29) is 5.91 Å². The van der Waals surface area contributed by atoms with Crippen molar-refractivity contribution in [1.29, 1.82) is 5.26 Å². The minimum Gasteiger partial charge on any atom is -0.492 e. The van der Waals surface area contributed by atoms with Gasteiger partial charge < -0.3 is 9.64 Å². The summed E-state index contributed by atoms with van der Waals surface area (Å²) >= 11 is 0. The first-order valence-electron chi connectivity index (χ1n) is 8.83. The van der Waals surface area contributed by atoms with Crippen molar-refractivity contribution in [3.63, 3.8) is 0 Å². The zero-order chi connectivity index (χ0) is 16.9. The monoisotopic (exact) mass is 327 g/mol. The van der Waals surface area contributed by atoms with Crippen LogP contribution in [0.3, 0.4) is 0 Å². The zero-order valence-electron chi connectivity index (χ0n) is 14.3. The van der Waals surface area contributed by atoms with Crippen molar-refractivity contribution >= 4 is 5.91 Å². The third-order valence-electron chi connectivity index (χ3n) is 5.19. The highest BCUT2D eigenvalue weighted by Gasteiger charge is 2.38. The van der Waals surface area contributed by atoms with E-state index in [2.05, 4.69) is 15.9 Å². The van der Waals surface area contributed by atoms with Gasteiger partial charge >= 0.3 is 0 Å². The summed E-state index contributed by atoms with van der Waals surface area (Å²) in [6, 6.07) is 10.2. The van der Waals surface area contributed by atoms with Gasteiger partial charge in [0.15, 0.2) is 0 Å². The minimum atomic E-state index is 0.207. The lowest BCUT2D eigenvalue weighted by Gasteiger charge is -2.34. The molecule has 2 heterocycles. The molecule has 2 saturated heterocycles. The number of nitriles is 1. The summed E-state index contributed by atoms with van der Waals surface area (Å²) in [5, 5.41) is 8.82. The second-order valence-electron chi connectivity index (χ2n) is 6.65. The fourth-order valence-electron chi connectivity index (χ4n) is 4.06. The molecule has 24 heavy (non-hydrogen) atoms. The summed E-state index contributed by atoms with van der Waals surface area (Å²) in [6.45, 7) is 5.20. The molecular weight excluding hydrogens is 302 g/mol. The van der Waals surface area contributed by atoms with E-state index in [1.807, 2.05) is 12.1 Å². The average Bonchev–Trinajstić information content (AvgIpc) is 3.24. The molecule has 2 atom stereocenters. The molecule has 0 aromatic heterocycles. The van der Waals surface area contributed by atoms with E-state index < -0.39 is 0 Å². The van der Waals surface area contributed by atoms with Crippen LogP contribution in [0.15, 0.2) is 24.3 Å². The molecule has 128 valence electrons. The van der Waals surface area contributed by atoms with Gasteiger partial charge in [-0.15, -0.1) is 0 Å². The van der Waals surface area contributed by atoms with Gasteiger partial charge in [-0.3, -0.25) is 9.69 Å². The molecule has 0 radical (unpaired) electrons. The number of rotatable bonds is 5. The standard InChI is InChI=1S/C19H25N3O2/c1-15(23)22-11-3-5-19(22)18-4-2-10-21(18)12-13-24-17-8-6-16(14-20)7-9-17/h6-9,18-19H,2-5,10-13H2,1H3/t18-,19+/m1/s1. The highest BCUT2D eigenvalue weighted by atomic mass is 16.5. The first-order chi connectivity index (χ1) is 11.7. The van der Waals surface area contributed by atoms with Crippen molar-refractivity contribution in [2.45, 2.75) is 44.7 Å². The largest absolute Gasteiger partial charge is 0.492 e. The number of ether oxygens (including phenoxy) is 1. The first-order valence-corrected chi connectivity index (χ1v) is 8.83. The smallest absolute Gasteiger partial charge is 0.219 e. The van der Waals surface area contributed by atoms with Gasteiger partial charge in [0.2, 0.25) is 5.91 Å². The van der Waals surface area contributed by atoms with Gasteiger partial charge in [-0.2, -0.15) is 5.26 Å². The highest BCUT2D eigenvalue weighted by Crippen LogP contribution is 2.29. The number of nitrogens with zero attached hydrogens (tertiary/aromatic N) is 3. The van der Waals surface area contributed by atoms with E-state index in [0.29, 0.717) is 24.3 Å². The van der Waals surface area contributed by atoms with Crippen LogP contribution in [0.5, 0.6) is 5.75 Å². The molecule has 5 heteroatoms. The van der Waals surface area contributed by atoms with Gasteiger partial charge in [0, 0.05) is 32.1 Å². The average molecular weight is 327 g/mol. The molecule has 3 rings (SSSR count). The molecule has 2 aliphatic rings. The van der Waals surface area contributed by atoms with Crippen molar-refractivity contribution < 1.29 is 9.53 Å². The van der Waals surface area contributed by atoms with Crippen molar-refractivity contribution in [2.24, 2.45) is 0 Å². The summed E-state index contributed by atoms with van der Waals surface area (Å²) in [5.74, 6) is 1.01. The number of benzene rings is 1. The Morgan fingerprint density at radius 3 is 2.62 bits per heavy atom. The van der Waals surface area contributed by atoms with E-state index >= 15 is 0 Å². The molecule has 1 aromatic rings. The first kappa shape index (κ1) is 16.8. The second-order valence-corrected chi connectivity index (χ2v) is 6.65. The van der Waals surface area contributed by atoms with Crippen molar-refractivity contribution in [1.82, 2.24) is 9.80 Å². The lowest BCUT2D eigenvalue weighted by Crippen LogP contribution is -2.48. The van der Waals surface area contributed by atoms with Crippen LogP contribution in [0.1, 0.15) is 38.2 Å². The van der Waals surface area contributed by atoms with Gasteiger partial charge in [0.25, 0.3) is 0 Å². The van der Waals surface area contributed by atoms with Crippen LogP contribution in [-0.2, 0) is 4.79 Å². The maximum absolute atomic E-state index is 11.8. The van der Waals surface area contributed by atoms with E-state index in [4.69, 9.17) is 10.00 Å². The van der Waals surface area contributed by atoms with Gasteiger partial charge in [0.1, 0.15) is 12.4 Å². The maximum Gasteiger partial charge on any atom is 0.219 e. The lowest BCUT2D eigenvalue weighted by molar-refractivity contribution is -0.130. The molecule has 0 aliphatic carbocycles. The maximum atomic E-state index is 11.8. The number of amides is 1. The van der Waals surface area contributed by atoms with Crippen molar-refractivity contribution in [2.75, 3.05) is 26.2 Å². The molecule has 2 aliphatic heterocycles. The molecule has 1 amide bonds. The molecule has 0 bridgehead atoms. The number of carbonyl (C=O) groups is 1. The molecule has 0 spiro atoms. The summed E-state index contributed by atoms with van der Waals surface area (Å²) in [4.78, 5) is 16.4. The molecule has 2 fully saturated rings. The number of carbonyl (C=O) groups excluding carboxylic acids is 1. The summed E-state index contributed by atoms with van der Waals surface area (Å²) in [5.41, 5.74) is 0.646. The van der Waals surface area contributed by atoms with Crippen molar-refractivity contribution in [3.8, 4) is 11.8 Å². The third-order valence-corrected chi connectivity index (χ3v) is 5.19. The van der Waals surface area contributed by atoms with Gasteiger partial charge in [-0.1, -0.05) is 0 Å². The van der Waals surface area contributed by atoms with Crippen LogP contribution in [0.25, 0.3) is 0 Å². The summed E-state index contributed by atoms with van der Waals surface area (Å²) in [6.07, 6.45) is 4.61. The fourth-order valence-corrected chi connectivity index (χ4v) is 4.06. The van der Waals surface area contributed by atoms with E-state index in [1.54, 1.807) is 19.1 Å². The summed E-state index contributed by atoms with van der Waals surface area (Å²) in [7, 11) is 0. The molecule has 5 nitrogen and oxygen atoms in total. The molecule has 1 aromatic carbocycles. The zero-order valence-corrected chi connectivity index (χ0v) is 14.3. The van der Waals surface area contributed by atoms with E-state index in [0.717, 1.165) is 38.2 Å². The Kier molecular flexibility index (Phi) is 5.37. The number of likely N-dealkylation sites (tertiary alicyclic amines) is 2. The Labute approximate surface area is 143 Å². The Morgan fingerprint density at radius 2 is 1.92 bits per heavy atom. The lowest BCUT2D eigenvalue weighted by atomic mass is 10.0. The van der Waals surface area contributed by atoms with Crippen LogP contribution in [0, 0.1) is 11.3 Å². The van der Waals surface area contributed by atoms with Gasteiger partial charge in [0.05, 0.1) is 11.6 Å². The van der Waals surface area contributed by atoms with Crippen LogP contribution in [0.2, 0.25) is 0 Å². The predicted molar refractivity (Wildman–Crippen MR) is 91.7 cm³/mol. The van der Waals surface area contributed by atoms with Crippen LogP contribution < -0.4 is 4.74 Å². The Bertz CT molecular complexity index is 608. The third kappa shape index (κ3) is 3.70. The predicted octanol–water partition coefficient (Wildman–Crippen LogP) is 2.41. The van der Waals surface area contributed by atoms with Crippen LogP contribution >= 0.6 is 0 Å². The highest BCUT2D eigenvalue weighted by molar-refractivity contribution is 5.74. The summed E-state index contributed by atoms with van der Waals surface area (Å²) < 4.78 is 5.82. The van der Waals surface area contributed by atoms with Crippen molar-refractivity contribution in [3.05, 3.63) is 29.8 Å². The molecular formula is C19H25N3O2. The number of hydrogen-bond donors (Lipinski definition) is 0. The number of hydrogen-bond acceptors (Lipinski definition) is 4. The molecule has 0 unspecified atom stereocenters. The second kappa shape index (κ2) is 7.67. The Morgan fingerprint density at radius 1 is 1.21 bits per heavy atom. The SMILES string of the molecule is CC(=O)N1CCC[C@H]1[C@H]1CCCN1CCOc1ccc(C#N)cc1. The molecule has 0 N–H and O–H groups in total. The Balaban J connectivity index is 1.52. The van der Waals surface area contributed by atoms with Gasteiger partial charge in [-0.25, -0.2) is 0 Å².